The monoisotopic (exact) mass is 235 g/mol. The lowest BCUT2D eigenvalue weighted by molar-refractivity contribution is -0.125. The van der Waals surface area contributed by atoms with Crippen LogP contribution >= 0.6 is 0 Å². The van der Waals surface area contributed by atoms with E-state index in [0.29, 0.717) is 11.7 Å². The molecule has 17 heavy (non-hydrogen) atoms. The van der Waals surface area contributed by atoms with E-state index in [4.69, 9.17) is 0 Å². The molecule has 0 radical (unpaired) electrons. The van der Waals surface area contributed by atoms with Crippen molar-refractivity contribution < 1.29 is 4.79 Å². The maximum Gasteiger partial charge on any atom is 0.167 e. The third kappa shape index (κ3) is 1.49. The van der Waals surface area contributed by atoms with Gasteiger partial charge in [0.25, 0.3) is 0 Å². The molecule has 0 heterocycles. The van der Waals surface area contributed by atoms with Gasteiger partial charge in [0, 0.05) is 30.3 Å². The molecular formula is C15H25NO. The Morgan fingerprint density at radius 3 is 2.29 bits per heavy atom. The first-order valence-corrected chi connectivity index (χ1v) is 6.89. The molecular weight excluding hydrogens is 210 g/mol. The molecule has 2 aliphatic rings. The Balaban J connectivity index is 2.38. The van der Waals surface area contributed by atoms with Crippen molar-refractivity contribution in [2.75, 3.05) is 13.1 Å². The lowest BCUT2D eigenvalue weighted by Crippen LogP contribution is -2.32. The smallest absolute Gasteiger partial charge is 0.167 e. The molecule has 0 unspecified atom stereocenters. The number of carbonyl (C=O) groups is 1. The summed E-state index contributed by atoms with van der Waals surface area (Å²) in [6.45, 7) is 13.0. The molecule has 2 fully saturated rings. The number of ketones is 1. The third-order valence-corrected chi connectivity index (χ3v) is 5.50. The Bertz CT molecular complexity index is 365. The highest BCUT2D eigenvalue weighted by atomic mass is 16.1. The molecule has 0 N–H and O–H groups in total. The normalized spacial score (nSPS) is 36.9. The summed E-state index contributed by atoms with van der Waals surface area (Å²) in [6.07, 6.45) is 4.39. The Hall–Kier alpha value is -0.790. The minimum absolute atomic E-state index is 0.114. The van der Waals surface area contributed by atoms with Crippen molar-refractivity contribution >= 4 is 5.78 Å². The second-order valence-corrected chi connectivity index (χ2v) is 6.28. The molecule has 0 saturated heterocycles. The standard InChI is InChI=1S/C15H25NO/c1-6-16(7-2)10-11-12-8-9-15(5,13(11)17)14(12,3)4/h10,12H,6-9H2,1-5H3/b11-10+/t12-,15-/m1/s1. The molecule has 2 rings (SSSR count). The van der Waals surface area contributed by atoms with Crippen LogP contribution in [-0.2, 0) is 4.79 Å². The van der Waals surface area contributed by atoms with Crippen LogP contribution < -0.4 is 0 Å². The van der Waals surface area contributed by atoms with E-state index >= 15 is 0 Å². The Kier molecular flexibility index (Phi) is 2.87. The van der Waals surface area contributed by atoms with E-state index in [1.165, 1.54) is 6.42 Å². The van der Waals surface area contributed by atoms with Gasteiger partial charge in [0.2, 0.25) is 0 Å². The molecule has 0 amide bonds. The number of allylic oxidation sites excluding steroid dienone is 1. The van der Waals surface area contributed by atoms with Gasteiger partial charge in [0.1, 0.15) is 0 Å². The van der Waals surface area contributed by atoms with Crippen LogP contribution in [0.15, 0.2) is 11.8 Å². The van der Waals surface area contributed by atoms with Crippen LogP contribution in [0.5, 0.6) is 0 Å². The number of Topliss-reactive ketones (excluding diaryl/α,β-unsaturated/α-hetero) is 1. The van der Waals surface area contributed by atoms with E-state index < -0.39 is 0 Å². The molecule has 0 aromatic carbocycles. The summed E-state index contributed by atoms with van der Waals surface area (Å²) in [4.78, 5) is 14.8. The second-order valence-electron chi connectivity index (χ2n) is 6.28. The van der Waals surface area contributed by atoms with Crippen molar-refractivity contribution in [3.63, 3.8) is 0 Å². The Morgan fingerprint density at radius 1 is 1.29 bits per heavy atom. The minimum Gasteiger partial charge on any atom is -0.378 e. The van der Waals surface area contributed by atoms with Gasteiger partial charge in [-0.25, -0.2) is 0 Å². The van der Waals surface area contributed by atoms with E-state index in [1.807, 2.05) is 0 Å². The maximum absolute atomic E-state index is 12.6. The average Bonchev–Trinajstić information content (AvgIpc) is 2.59. The topological polar surface area (TPSA) is 20.3 Å². The summed E-state index contributed by atoms with van der Waals surface area (Å²) in [5.41, 5.74) is 1.12. The lowest BCUT2D eigenvalue weighted by atomic mass is 9.70. The molecule has 2 nitrogen and oxygen atoms in total. The molecule has 0 aliphatic heterocycles. The van der Waals surface area contributed by atoms with E-state index in [0.717, 1.165) is 25.1 Å². The van der Waals surface area contributed by atoms with Crippen molar-refractivity contribution in [2.45, 2.75) is 47.5 Å². The number of carbonyl (C=O) groups excluding carboxylic acids is 1. The highest BCUT2D eigenvalue weighted by Gasteiger charge is 2.64. The summed E-state index contributed by atoms with van der Waals surface area (Å²) in [7, 11) is 0. The molecule has 2 bridgehead atoms. The second kappa shape index (κ2) is 3.86. The van der Waals surface area contributed by atoms with Gasteiger partial charge >= 0.3 is 0 Å². The van der Waals surface area contributed by atoms with Crippen LogP contribution in [0.3, 0.4) is 0 Å². The largest absolute Gasteiger partial charge is 0.378 e. The van der Waals surface area contributed by atoms with Crippen molar-refractivity contribution in [3.05, 3.63) is 11.8 Å². The predicted octanol–water partition coefficient (Wildman–Crippen LogP) is 3.24. The summed E-state index contributed by atoms with van der Waals surface area (Å²) < 4.78 is 0. The number of rotatable bonds is 3. The number of fused-ring (bicyclic) bond motifs is 2. The van der Waals surface area contributed by atoms with Crippen molar-refractivity contribution in [1.29, 1.82) is 0 Å². The number of nitrogens with zero attached hydrogens (tertiary/aromatic N) is 1. The molecule has 0 spiro atoms. The first kappa shape index (κ1) is 12.7. The van der Waals surface area contributed by atoms with Crippen molar-refractivity contribution in [2.24, 2.45) is 16.7 Å². The van der Waals surface area contributed by atoms with E-state index in [-0.39, 0.29) is 10.8 Å². The highest BCUT2D eigenvalue weighted by molar-refractivity contribution is 6.04. The molecule has 0 aromatic heterocycles. The molecule has 96 valence electrons. The van der Waals surface area contributed by atoms with Gasteiger partial charge in [0.15, 0.2) is 5.78 Å². The summed E-state index contributed by atoms with van der Waals surface area (Å²) in [5, 5.41) is 0. The third-order valence-electron chi connectivity index (χ3n) is 5.50. The fourth-order valence-corrected chi connectivity index (χ4v) is 3.68. The van der Waals surface area contributed by atoms with Gasteiger partial charge in [-0.15, -0.1) is 0 Å². The van der Waals surface area contributed by atoms with Gasteiger partial charge in [-0.05, 0) is 38.0 Å². The zero-order chi connectivity index (χ0) is 12.8. The first-order chi connectivity index (χ1) is 7.88. The van der Waals surface area contributed by atoms with Crippen LogP contribution in [0.1, 0.15) is 47.5 Å². The number of hydrogen-bond donors (Lipinski definition) is 0. The van der Waals surface area contributed by atoms with Gasteiger partial charge in [0.05, 0.1) is 0 Å². The van der Waals surface area contributed by atoms with Crippen LogP contribution in [0.25, 0.3) is 0 Å². The molecule has 2 atom stereocenters. The SMILES string of the molecule is CCN(/C=C1/C(=O)[C@@]2(C)CC[C@H]1C2(C)C)CC. The van der Waals surface area contributed by atoms with E-state index in [9.17, 15) is 4.79 Å². The fourth-order valence-electron chi connectivity index (χ4n) is 3.68. The quantitative estimate of drug-likeness (QED) is 0.700. The van der Waals surface area contributed by atoms with Crippen molar-refractivity contribution in [3.8, 4) is 0 Å². The highest BCUT2D eigenvalue weighted by Crippen LogP contribution is 2.65. The van der Waals surface area contributed by atoms with Crippen LogP contribution in [0.2, 0.25) is 0 Å². The summed E-state index contributed by atoms with van der Waals surface area (Å²) in [6, 6.07) is 0. The van der Waals surface area contributed by atoms with Gasteiger partial charge in [-0.2, -0.15) is 0 Å². The van der Waals surface area contributed by atoms with Gasteiger partial charge in [-0.3, -0.25) is 4.79 Å². The van der Waals surface area contributed by atoms with Crippen molar-refractivity contribution in [1.82, 2.24) is 4.90 Å². The van der Waals surface area contributed by atoms with E-state index in [2.05, 4.69) is 45.7 Å². The zero-order valence-corrected chi connectivity index (χ0v) is 11.8. The fraction of sp³-hybridized carbons (Fsp3) is 0.800. The average molecular weight is 235 g/mol. The predicted molar refractivity (Wildman–Crippen MR) is 70.6 cm³/mol. The maximum atomic E-state index is 12.6. The molecule has 2 heteroatoms. The number of hydrogen-bond acceptors (Lipinski definition) is 2. The van der Waals surface area contributed by atoms with E-state index in [1.54, 1.807) is 0 Å². The lowest BCUT2D eigenvalue weighted by Gasteiger charge is -2.31. The molecule has 2 saturated carbocycles. The Morgan fingerprint density at radius 2 is 1.88 bits per heavy atom. The minimum atomic E-state index is -0.114. The summed E-state index contributed by atoms with van der Waals surface area (Å²) in [5.74, 6) is 0.881. The van der Waals surface area contributed by atoms with Crippen LogP contribution in [0.4, 0.5) is 0 Å². The molecule has 2 aliphatic carbocycles. The van der Waals surface area contributed by atoms with Gasteiger partial charge in [-0.1, -0.05) is 20.8 Å². The van der Waals surface area contributed by atoms with Gasteiger partial charge < -0.3 is 4.90 Å². The summed E-state index contributed by atoms with van der Waals surface area (Å²) >= 11 is 0. The Labute approximate surface area is 105 Å². The zero-order valence-electron chi connectivity index (χ0n) is 11.8. The molecule has 0 aromatic rings. The van der Waals surface area contributed by atoms with Crippen LogP contribution in [0, 0.1) is 16.7 Å². The first-order valence-electron chi connectivity index (χ1n) is 6.89. The van der Waals surface area contributed by atoms with Crippen LogP contribution in [-0.4, -0.2) is 23.8 Å².